The molecule has 92 valence electrons. The van der Waals surface area contributed by atoms with Crippen LogP contribution < -0.4 is 0 Å². The first kappa shape index (κ1) is 12.3. The zero-order valence-corrected chi connectivity index (χ0v) is 10.7. The van der Waals surface area contributed by atoms with E-state index < -0.39 is 0 Å². The van der Waals surface area contributed by atoms with E-state index in [2.05, 4.69) is 55.2 Å². The lowest BCUT2D eigenvalue weighted by Crippen LogP contribution is -2.48. The number of nitrogens with zero attached hydrogens (tertiary/aromatic N) is 1. The van der Waals surface area contributed by atoms with Crippen molar-refractivity contribution < 1.29 is 4.74 Å². The maximum absolute atomic E-state index is 5.39. The summed E-state index contributed by atoms with van der Waals surface area (Å²) in [4.78, 5) is 2.47. The van der Waals surface area contributed by atoms with Crippen molar-refractivity contribution in [2.45, 2.75) is 19.4 Å². The van der Waals surface area contributed by atoms with E-state index in [9.17, 15) is 0 Å². The summed E-state index contributed by atoms with van der Waals surface area (Å²) in [5, 5.41) is 0. The number of hydrogen-bond acceptors (Lipinski definition) is 2. The number of hydrogen-bond donors (Lipinski definition) is 0. The molecule has 1 aromatic rings. The normalized spacial score (nSPS) is 18.7. The first-order chi connectivity index (χ1) is 8.18. The van der Waals surface area contributed by atoms with Gasteiger partial charge >= 0.3 is 0 Å². The molecular formula is C15H21NO. The zero-order chi connectivity index (χ0) is 12.1. The highest BCUT2D eigenvalue weighted by molar-refractivity contribution is 5.50. The Labute approximate surface area is 104 Å². The maximum atomic E-state index is 5.39. The molecule has 0 aromatic heterocycles. The molecule has 0 saturated carbocycles. The lowest BCUT2D eigenvalue weighted by molar-refractivity contribution is 0.00496. The summed E-state index contributed by atoms with van der Waals surface area (Å²) in [5.41, 5.74) is 1.36. The van der Waals surface area contributed by atoms with Crippen LogP contribution in [0.25, 0.3) is 6.08 Å². The molecule has 2 rings (SSSR count). The Morgan fingerprint density at radius 2 is 1.76 bits per heavy atom. The van der Waals surface area contributed by atoms with Gasteiger partial charge in [-0.05, 0) is 19.4 Å². The van der Waals surface area contributed by atoms with Gasteiger partial charge in [-0.25, -0.2) is 0 Å². The van der Waals surface area contributed by atoms with Crippen LogP contribution in [-0.4, -0.2) is 36.7 Å². The van der Waals surface area contributed by atoms with Gasteiger partial charge in [-0.3, -0.25) is 4.90 Å². The molecule has 0 radical (unpaired) electrons. The second kappa shape index (κ2) is 5.48. The van der Waals surface area contributed by atoms with Crippen molar-refractivity contribution in [1.29, 1.82) is 0 Å². The van der Waals surface area contributed by atoms with Crippen molar-refractivity contribution in [1.82, 2.24) is 4.90 Å². The Morgan fingerprint density at radius 3 is 2.41 bits per heavy atom. The highest BCUT2D eigenvalue weighted by Crippen LogP contribution is 2.19. The first-order valence-corrected chi connectivity index (χ1v) is 6.25. The summed E-state index contributed by atoms with van der Waals surface area (Å²) in [5.74, 6) is 0. The minimum Gasteiger partial charge on any atom is -0.379 e. The monoisotopic (exact) mass is 231 g/mol. The Morgan fingerprint density at radius 1 is 1.12 bits per heavy atom. The molecule has 1 fully saturated rings. The molecule has 0 aliphatic carbocycles. The van der Waals surface area contributed by atoms with E-state index in [1.54, 1.807) is 0 Å². The maximum Gasteiger partial charge on any atom is 0.0594 e. The highest BCUT2D eigenvalue weighted by Gasteiger charge is 2.25. The van der Waals surface area contributed by atoms with E-state index in [0.29, 0.717) is 0 Å². The van der Waals surface area contributed by atoms with Crippen LogP contribution in [0.15, 0.2) is 36.4 Å². The van der Waals surface area contributed by atoms with Crippen LogP contribution >= 0.6 is 0 Å². The van der Waals surface area contributed by atoms with Gasteiger partial charge in [0.15, 0.2) is 0 Å². The quantitative estimate of drug-likeness (QED) is 0.793. The lowest BCUT2D eigenvalue weighted by Gasteiger charge is -2.38. The van der Waals surface area contributed by atoms with Gasteiger partial charge in [0.1, 0.15) is 0 Å². The van der Waals surface area contributed by atoms with Gasteiger partial charge in [0, 0.05) is 18.6 Å². The van der Waals surface area contributed by atoms with Crippen molar-refractivity contribution in [3.63, 3.8) is 0 Å². The zero-order valence-electron chi connectivity index (χ0n) is 10.7. The smallest absolute Gasteiger partial charge is 0.0594 e. The number of morpholine rings is 1. The molecule has 0 spiro atoms. The van der Waals surface area contributed by atoms with Gasteiger partial charge in [-0.2, -0.15) is 0 Å². The summed E-state index contributed by atoms with van der Waals surface area (Å²) in [7, 11) is 0. The minimum atomic E-state index is 0.0968. The second-order valence-electron chi connectivity index (χ2n) is 5.00. The van der Waals surface area contributed by atoms with E-state index >= 15 is 0 Å². The van der Waals surface area contributed by atoms with Gasteiger partial charge in [0.25, 0.3) is 0 Å². The van der Waals surface area contributed by atoms with Gasteiger partial charge in [0.2, 0.25) is 0 Å². The number of benzene rings is 1. The van der Waals surface area contributed by atoms with Gasteiger partial charge < -0.3 is 4.74 Å². The van der Waals surface area contributed by atoms with Crippen LogP contribution in [0.3, 0.4) is 0 Å². The fraction of sp³-hybridized carbons (Fsp3) is 0.467. The Balaban J connectivity index is 2.03. The summed E-state index contributed by atoms with van der Waals surface area (Å²) in [6.07, 6.45) is 4.49. The van der Waals surface area contributed by atoms with Gasteiger partial charge in [0.05, 0.1) is 13.2 Å². The molecule has 1 aromatic carbocycles. The third kappa shape index (κ3) is 3.42. The molecular weight excluding hydrogens is 210 g/mol. The molecule has 1 saturated heterocycles. The molecule has 1 aliphatic heterocycles. The molecule has 1 heterocycles. The van der Waals surface area contributed by atoms with E-state index in [-0.39, 0.29) is 5.54 Å². The highest BCUT2D eigenvalue weighted by atomic mass is 16.5. The third-order valence-corrected chi connectivity index (χ3v) is 3.31. The Hall–Kier alpha value is -1.12. The van der Waals surface area contributed by atoms with Crippen molar-refractivity contribution in [3.05, 3.63) is 42.0 Å². The van der Waals surface area contributed by atoms with Crippen LogP contribution in [0.4, 0.5) is 0 Å². The predicted molar refractivity (Wildman–Crippen MR) is 71.9 cm³/mol. The van der Waals surface area contributed by atoms with E-state index in [4.69, 9.17) is 4.74 Å². The molecule has 0 bridgehead atoms. The number of rotatable bonds is 3. The summed E-state index contributed by atoms with van der Waals surface area (Å²) < 4.78 is 5.39. The fourth-order valence-electron chi connectivity index (χ4n) is 2.11. The first-order valence-electron chi connectivity index (χ1n) is 6.25. The molecule has 17 heavy (non-hydrogen) atoms. The molecule has 0 atom stereocenters. The average molecular weight is 231 g/mol. The minimum absolute atomic E-state index is 0.0968. The van der Waals surface area contributed by atoms with Crippen LogP contribution in [0.5, 0.6) is 0 Å². The van der Waals surface area contributed by atoms with Crippen LogP contribution in [0, 0.1) is 0 Å². The summed E-state index contributed by atoms with van der Waals surface area (Å²) in [6, 6.07) is 10.4. The van der Waals surface area contributed by atoms with Crippen molar-refractivity contribution in [3.8, 4) is 0 Å². The molecule has 0 amide bonds. The molecule has 2 nitrogen and oxygen atoms in total. The predicted octanol–water partition coefficient (Wildman–Crippen LogP) is 2.81. The largest absolute Gasteiger partial charge is 0.379 e. The summed E-state index contributed by atoms with van der Waals surface area (Å²) >= 11 is 0. The Bertz CT molecular complexity index is 364. The summed E-state index contributed by atoms with van der Waals surface area (Å²) in [6.45, 7) is 8.26. The molecule has 2 heteroatoms. The van der Waals surface area contributed by atoms with E-state index in [1.807, 2.05) is 6.07 Å². The Kier molecular flexibility index (Phi) is 3.97. The SMILES string of the molecule is CC(C)(/C=C/c1ccccc1)N1CCOCC1. The van der Waals surface area contributed by atoms with Gasteiger partial charge in [-0.15, -0.1) is 0 Å². The second-order valence-corrected chi connectivity index (χ2v) is 5.00. The molecule has 0 N–H and O–H groups in total. The standard InChI is InChI=1S/C15H21NO/c1-15(2,16-10-12-17-13-11-16)9-8-14-6-4-3-5-7-14/h3-9H,10-13H2,1-2H3/b9-8+. The number of ether oxygens (including phenoxy) is 1. The molecule has 1 aliphatic rings. The van der Waals surface area contributed by atoms with Crippen LogP contribution in [0.2, 0.25) is 0 Å². The van der Waals surface area contributed by atoms with Crippen molar-refractivity contribution in [2.24, 2.45) is 0 Å². The van der Waals surface area contributed by atoms with Gasteiger partial charge in [-0.1, -0.05) is 42.5 Å². The fourth-order valence-corrected chi connectivity index (χ4v) is 2.11. The third-order valence-electron chi connectivity index (χ3n) is 3.31. The van der Waals surface area contributed by atoms with Crippen molar-refractivity contribution >= 4 is 6.08 Å². The topological polar surface area (TPSA) is 12.5 Å². The molecule has 0 unspecified atom stereocenters. The van der Waals surface area contributed by atoms with E-state index in [0.717, 1.165) is 26.3 Å². The van der Waals surface area contributed by atoms with E-state index in [1.165, 1.54) is 5.56 Å². The average Bonchev–Trinajstić information content (AvgIpc) is 2.39. The van der Waals surface area contributed by atoms with Crippen molar-refractivity contribution in [2.75, 3.05) is 26.3 Å². The van der Waals surface area contributed by atoms with Crippen LogP contribution in [0.1, 0.15) is 19.4 Å². The van der Waals surface area contributed by atoms with Crippen LogP contribution in [-0.2, 0) is 4.74 Å². The lowest BCUT2D eigenvalue weighted by atomic mass is 10.00.